The zero-order valence-corrected chi connectivity index (χ0v) is 11.5. The zero-order chi connectivity index (χ0) is 13.0. The molecular weight excluding hydrogens is 246 g/mol. The maximum atomic E-state index is 5.94. The molecule has 0 amide bonds. The van der Waals surface area contributed by atoms with E-state index in [2.05, 4.69) is 29.5 Å². The number of aryl methyl sites for hydroxylation is 1. The Morgan fingerprint density at radius 3 is 2.56 bits per heavy atom. The molecule has 0 radical (unpaired) electrons. The summed E-state index contributed by atoms with van der Waals surface area (Å²) < 4.78 is 1.90. The average Bonchev–Trinajstić information content (AvgIpc) is 2.78. The Morgan fingerprint density at radius 2 is 2.00 bits per heavy atom. The first-order chi connectivity index (χ1) is 8.72. The smallest absolute Gasteiger partial charge is 0.0748 e. The van der Waals surface area contributed by atoms with E-state index >= 15 is 0 Å². The highest BCUT2D eigenvalue weighted by Gasteiger charge is 2.16. The molecule has 4 heteroatoms. The number of aromatic nitrogens is 2. The van der Waals surface area contributed by atoms with Crippen LogP contribution in [0.25, 0.3) is 0 Å². The Labute approximate surface area is 113 Å². The molecule has 1 N–H and O–H groups in total. The van der Waals surface area contributed by atoms with Crippen molar-refractivity contribution in [1.82, 2.24) is 15.1 Å². The number of halogens is 1. The molecule has 0 aliphatic carbocycles. The van der Waals surface area contributed by atoms with E-state index in [1.165, 1.54) is 5.56 Å². The van der Waals surface area contributed by atoms with Crippen molar-refractivity contribution in [1.29, 1.82) is 0 Å². The molecule has 3 nitrogen and oxygen atoms in total. The zero-order valence-electron chi connectivity index (χ0n) is 10.7. The van der Waals surface area contributed by atoms with Gasteiger partial charge in [-0.2, -0.15) is 5.10 Å². The van der Waals surface area contributed by atoms with E-state index in [-0.39, 0.29) is 6.04 Å². The average molecular weight is 264 g/mol. The molecule has 0 saturated heterocycles. The normalized spacial score (nSPS) is 12.6. The van der Waals surface area contributed by atoms with Crippen LogP contribution in [0.3, 0.4) is 0 Å². The lowest BCUT2D eigenvalue weighted by atomic mass is 10.0. The summed E-state index contributed by atoms with van der Waals surface area (Å²) in [6.45, 7) is 3.13. The van der Waals surface area contributed by atoms with Crippen molar-refractivity contribution < 1.29 is 0 Å². The number of benzene rings is 1. The van der Waals surface area contributed by atoms with Crippen molar-refractivity contribution in [2.45, 2.75) is 19.4 Å². The van der Waals surface area contributed by atoms with Crippen LogP contribution in [0.15, 0.2) is 36.5 Å². The monoisotopic (exact) mass is 263 g/mol. The first kappa shape index (κ1) is 13.1. The fourth-order valence-corrected chi connectivity index (χ4v) is 2.13. The molecule has 96 valence electrons. The minimum absolute atomic E-state index is 0.162. The lowest BCUT2D eigenvalue weighted by Crippen LogP contribution is -2.25. The molecular formula is C14H18ClN3. The fraction of sp³-hybridized carbons (Fsp3) is 0.357. The lowest BCUT2D eigenvalue weighted by Gasteiger charge is -2.19. The Bertz CT molecular complexity index is 490. The largest absolute Gasteiger partial charge is 0.305 e. The third-order valence-corrected chi connectivity index (χ3v) is 3.21. The van der Waals surface area contributed by atoms with Crippen LogP contribution >= 0.6 is 11.6 Å². The molecule has 0 saturated carbocycles. The van der Waals surface area contributed by atoms with Gasteiger partial charge in [0.15, 0.2) is 0 Å². The van der Waals surface area contributed by atoms with Crippen LogP contribution in [0.2, 0.25) is 5.02 Å². The maximum Gasteiger partial charge on any atom is 0.0748 e. The van der Waals surface area contributed by atoms with Gasteiger partial charge in [-0.3, -0.25) is 4.68 Å². The molecule has 0 spiro atoms. The van der Waals surface area contributed by atoms with Crippen molar-refractivity contribution in [3.05, 3.63) is 52.8 Å². The minimum Gasteiger partial charge on any atom is -0.305 e. The molecule has 18 heavy (non-hydrogen) atoms. The molecule has 1 aromatic heterocycles. The highest BCUT2D eigenvalue weighted by atomic mass is 35.5. The van der Waals surface area contributed by atoms with Gasteiger partial charge < -0.3 is 5.32 Å². The van der Waals surface area contributed by atoms with E-state index < -0.39 is 0 Å². The van der Waals surface area contributed by atoms with Gasteiger partial charge in [-0.1, -0.05) is 30.7 Å². The summed E-state index contributed by atoms with van der Waals surface area (Å²) in [5.41, 5.74) is 2.36. The molecule has 2 rings (SSSR count). The predicted octanol–water partition coefficient (Wildman–Crippen LogP) is 3.16. The predicted molar refractivity (Wildman–Crippen MR) is 74.8 cm³/mol. The van der Waals surface area contributed by atoms with Crippen molar-refractivity contribution in [2.75, 3.05) is 6.54 Å². The first-order valence-corrected chi connectivity index (χ1v) is 6.57. The van der Waals surface area contributed by atoms with Crippen molar-refractivity contribution in [2.24, 2.45) is 7.05 Å². The van der Waals surface area contributed by atoms with Crippen LogP contribution in [0.5, 0.6) is 0 Å². The van der Waals surface area contributed by atoms with Gasteiger partial charge in [0.1, 0.15) is 0 Å². The quantitative estimate of drug-likeness (QED) is 0.898. The molecule has 0 aliphatic rings. The van der Waals surface area contributed by atoms with Crippen molar-refractivity contribution in [3.8, 4) is 0 Å². The standard InChI is InChI=1S/C14H18ClN3/c1-3-9-16-14(13-8-10-17-18(13)2)11-4-6-12(15)7-5-11/h4-8,10,14,16H,3,9H2,1-2H3. The van der Waals surface area contributed by atoms with E-state index in [1.54, 1.807) is 0 Å². The molecule has 1 heterocycles. The summed E-state index contributed by atoms with van der Waals surface area (Å²) in [7, 11) is 1.96. The Kier molecular flexibility index (Phi) is 4.39. The van der Waals surface area contributed by atoms with E-state index in [9.17, 15) is 0 Å². The number of rotatable bonds is 5. The molecule has 0 bridgehead atoms. The minimum atomic E-state index is 0.162. The highest BCUT2D eigenvalue weighted by Crippen LogP contribution is 2.22. The second kappa shape index (κ2) is 6.03. The maximum absolute atomic E-state index is 5.94. The molecule has 0 aliphatic heterocycles. The third-order valence-electron chi connectivity index (χ3n) is 2.96. The summed E-state index contributed by atoms with van der Waals surface area (Å²) in [4.78, 5) is 0. The summed E-state index contributed by atoms with van der Waals surface area (Å²) >= 11 is 5.94. The van der Waals surface area contributed by atoms with Gasteiger partial charge in [0.05, 0.1) is 11.7 Å². The second-order valence-corrected chi connectivity index (χ2v) is 4.75. The van der Waals surface area contributed by atoms with Crippen LogP contribution in [-0.4, -0.2) is 16.3 Å². The van der Waals surface area contributed by atoms with Crippen LogP contribution in [-0.2, 0) is 7.05 Å². The van der Waals surface area contributed by atoms with Gasteiger partial charge in [0.25, 0.3) is 0 Å². The van der Waals surface area contributed by atoms with Crippen LogP contribution in [0.1, 0.15) is 30.6 Å². The first-order valence-electron chi connectivity index (χ1n) is 6.19. The summed E-state index contributed by atoms with van der Waals surface area (Å²) in [6, 6.07) is 10.2. The lowest BCUT2D eigenvalue weighted by molar-refractivity contribution is 0.553. The van der Waals surface area contributed by atoms with Gasteiger partial charge in [-0.15, -0.1) is 0 Å². The van der Waals surface area contributed by atoms with Gasteiger partial charge in [0, 0.05) is 18.3 Å². The second-order valence-electron chi connectivity index (χ2n) is 4.32. The number of nitrogens with one attached hydrogen (secondary N) is 1. The fourth-order valence-electron chi connectivity index (χ4n) is 2.00. The molecule has 1 aromatic carbocycles. The van der Waals surface area contributed by atoms with E-state index in [0.29, 0.717) is 0 Å². The Morgan fingerprint density at radius 1 is 1.28 bits per heavy atom. The molecule has 1 atom stereocenters. The van der Waals surface area contributed by atoms with Gasteiger partial charge >= 0.3 is 0 Å². The van der Waals surface area contributed by atoms with Crippen molar-refractivity contribution >= 4 is 11.6 Å². The van der Waals surface area contributed by atoms with Crippen LogP contribution in [0, 0.1) is 0 Å². The summed E-state index contributed by atoms with van der Waals surface area (Å²) in [6.07, 6.45) is 2.92. The van der Waals surface area contributed by atoms with E-state index in [4.69, 9.17) is 11.6 Å². The number of nitrogens with zero attached hydrogens (tertiary/aromatic N) is 2. The topological polar surface area (TPSA) is 29.9 Å². The van der Waals surface area contributed by atoms with Gasteiger partial charge in [-0.05, 0) is 36.7 Å². The summed E-state index contributed by atoms with van der Waals surface area (Å²) in [5, 5.41) is 8.55. The van der Waals surface area contributed by atoms with Crippen LogP contribution in [0.4, 0.5) is 0 Å². The van der Waals surface area contributed by atoms with Crippen LogP contribution < -0.4 is 5.32 Å². The Hall–Kier alpha value is -1.32. The molecule has 0 fully saturated rings. The Balaban J connectivity index is 2.30. The number of hydrogen-bond donors (Lipinski definition) is 1. The highest BCUT2D eigenvalue weighted by molar-refractivity contribution is 6.30. The van der Waals surface area contributed by atoms with Gasteiger partial charge in [0.2, 0.25) is 0 Å². The molecule has 1 unspecified atom stereocenters. The van der Waals surface area contributed by atoms with E-state index in [0.717, 1.165) is 23.7 Å². The number of hydrogen-bond acceptors (Lipinski definition) is 2. The SMILES string of the molecule is CCCNC(c1ccc(Cl)cc1)c1ccnn1C. The summed E-state index contributed by atoms with van der Waals surface area (Å²) in [5.74, 6) is 0. The van der Waals surface area contributed by atoms with E-state index in [1.807, 2.05) is 36.1 Å². The third kappa shape index (κ3) is 2.92. The van der Waals surface area contributed by atoms with Crippen molar-refractivity contribution in [3.63, 3.8) is 0 Å². The van der Waals surface area contributed by atoms with Gasteiger partial charge in [-0.25, -0.2) is 0 Å². The molecule has 2 aromatic rings.